The highest BCUT2D eigenvalue weighted by Crippen LogP contribution is 2.25. The van der Waals surface area contributed by atoms with Gasteiger partial charge >= 0.3 is 0 Å². The number of carbonyl (C=O) groups excluding carboxylic acids is 1. The highest BCUT2D eigenvalue weighted by atomic mass is 32.2. The van der Waals surface area contributed by atoms with Gasteiger partial charge in [0.25, 0.3) is 0 Å². The molecular formula is C18H15N3O2S. The average Bonchev–Trinajstić information content (AvgIpc) is 2.92. The van der Waals surface area contributed by atoms with Gasteiger partial charge in [0.1, 0.15) is 11.1 Å². The quantitative estimate of drug-likeness (QED) is 0.570. The maximum absolute atomic E-state index is 12.3. The number of hydrogen-bond donors (Lipinski definition) is 1. The van der Waals surface area contributed by atoms with Crippen LogP contribution in [-0.4, -0.2) is 11.1 Å². The molecule has 3 aromatic rings. The number of thiocyanates is 1. The first kappa shape index (κ1) is 16.1. The molecule has 0 aliphatic rings. The van der Waals surface area contributed by atoms with Crippen LogP contribution in [0.25, 0.3) is 11.0 Å². The van der Waals surface area contributed by atoms with Crippen LogP contribution in [0, 0.1) is 24.5 Å². The van der Waals surface area contributed by atoms with Crippen LogP contribution in [0.3, 0.4) is 0 Å². The van der Waals surface area contributed by atoms with Crippen LogP contribution in [0.5, 0.6) is 0 Å². The van der Waals surface area contributed by atoms with Gasteiger partial charge in [0.2, 0.25) is 5.91 Å². The molecule has 120 valence electrons. The lowest BCUT2D eigenvalue weighted by molar-refractivity contribution is -0.115. The van der Waals surface area contributed by atoms with E-state index in [0.717, 1.165) is 33.2 Å². The fourth-order valence-electron chi connectivity index (χ4n) is 2.66. The van der Waals surface area contributed by atoms with Gasteiger partial charge in [0, 0.05) is 16.0 Å². The molecule has 0 fully saturated rings. The smallest absolute Gasteiger partial charge is 0.230 e. The Morgan fingerprint density at radius 2 is 2.04 bits per heavy atom. The minimum atomic E-state index is -0.161. The van der Waals surface area contributed by atoms with Crippen molar-refractivity contribution in [2.45, 2.75) is 25.2 Å². The number of fused-ring (bicyclic) bond motifs is 1. The van der Waals surface area contributed by atoms with Gasteiger partial charge in [0.05, 0.1) is 6.42 Å². The molecule has 6 heteroatoms. The van der Waals surface area contributed by atoms with Crippen molar-refractivity contribution in [3.8, 4) is 5.40 Å². The Bertz CT molecular complexity index is 939. The third kappa shape index (κ3) is 3.42. The lowest BCUT2D eigenvalue weighted by atomic mass is 10.0. The van der Waals surface area contributed by atoms with Crippen LogP contribution in [0.4, 0.5) is 5.69 Å². The molecule has 5 nitrogen and oxygen atoms in total. The number of carbonyl (C=O) groups is 1. The molecule has 0 aliphatic heterocycles. The number of aromatic nitrogens is 1. The minimum absolute atomic E-state index is 0.144. The van der Waals surface area contributed by atoms with E-state index >= 15 is 0 Å². The van der Waals surface area contributed by atoms with Crippen LogP contribution in [-0.2, 0) is 11.2 Å². The van der Waals surface area contributed by atoms with E-state index in [1.165, 1.54) is 0 Å². The van der Waals surface area contributed by atoms with Crippen molar-refractivity contribution in [3.05, 3.63) is 53.2 Å². The number of thioether (sulfide) groups is 1. The van der Waals surface area contributed by atoms with Gasteiger partial charge in [0.15, 0.2) is 5.58 Å². The summed E-state index contributed by atoms with van der Waals surface area (Å²) in [4.78, 5) is 13.1. The van der Waals surface area contributed by atoms with Crippen molar-refractivity contribution >= 4 is 34.3 Å². The molecule has 3 rings (SSSR count). The predicted molar refractivity (Wildman–Crippen MR) is 93.7 cm³/mol. The second kappa shape index (κ2) is 6.77. The fourth-order valence-corrected chi connectivity index (χ4v) is 3.03. The van der Waals surface area contributed by atoms with Crippen molar-refractivity contribution in [1.82, 2.24) is 5.16 Å². The topological polar surface area (TPSA) is 78.9 Å². The number of nitrogens with zero attached hydrogens (tertiary/aromatic N) is 2. The zero-order valence-corrected chi connectivity index (χ0v) is 14.1. The average molecular weight is 337 g/mol. The van der Waals surface area contributed by atoms with Gasteiger partial charge in [-0.15, -0.1) is 0 Å². The molecule has 0 spiro atoms. The maximum atomic E-state index is 12.3. The Hall–Kier alpha value is -2.78. The standard InChI is InChI=1S/C18H15N3O2S/c1-11-7-12(2)18-15(21-23-16(18)8-11)9-17(22)20-13-3-5-14(6-4-13)24-10-19/h3-8H,9H2,1-2H3,(H,20,22). The van der Waals surface area contributed by atoms with E-state index in [-0.39, 0.29) is 12.3 Å². The van der Waals surface area contributed by atoms with Crippen molar-refractivity contribution in [2.24, 2.45) is 0 Å². The van der Waals surface area contributed by atoms with E-state index < -0.39 is 0 Å². The maximum Gasteiger partial charge on any atom is 0.230 e. The summed E-state index contributed by atoms with van der Waals surface area (Å²) in [6.07, 6.45) is 0.144. The van der Waals surface area contributed by atoms with Crippen LogP contribution < -0.4 is 5.32 Å². The van der Waals surface area contributed by atoms with E-state index in [1.807, 2.05) is 31.4 Å². The zero-order chi connectivity index (χ0) is 17.1. The molecular weight excluding hydrogens is 322 g/mol. The fraction of sp³-hybridized carbons (Fsp3) is 0.167. The lowest BCUT2D eigenvalue weighted by Gasteiger charge is -2.05. The first-order chi connectivity index (χ1) is 11.6. The monoisotopic (exact) mass is 337 g/mol. The SMILES string of the molecule is Cc1cc(C)c2c(CC(=O)Nc3ccc(SC#N)cc3)noc2c1. The van der Waals surface area contributed by atoms with Crippen molar-refractivity contribution in [3.63, 3.8) is 0 Å². The van der Waals surface area contributed by atoms with Gasteiger partial charge in [-0.2, -0.15) is 5.26 Å². The highest BCUT2D eigenvalue weighted by Gasteiger charge is 2.15. The summed E-state index contributed by atoms with van der Waals surface area (Å²) >= 11 is 1.08. The summed E-state index contributed by atoms with van der Waals surface area (Å²) in [5.74, 6) is -0.161. The van der Waals surface area contributed by atoms with Crippen molar-refractivity contribution in [1.29, 1.82) is 5.26 Å². The van der Waals surface area contributed by atoms with Crippen LogP contribution in [0.2, 0.25) is 0 Å². The normalized spacial score (nSPS) is 10.5. The van der Waals surface area contributed by atoms with Gasteiger partial charge in [-0.05, 0) is 67.1 Å². The van der Waals surface area contributed by atoms with E-state index in [2.05, 4.69) is 10.5 Å². The lowest BCUT2D eigenvalue weighted by Crippen LogP contribution is -2.14. The highest BCUT2D eigenvalue weighted by molar-refractivity contribution is 8.03. The molecule has 2 aromatic carbocycles. The Morgan fingerprint density at radius 3 is 2.75 bits per heavy atom. The Kier molecular flexibility index (Phi) is 4.54. The molecule has 0 radical (unpaired) electrons. The summed E-state index contributed by atoms with van der Waals surface area (Å²) in [6.45, 7) is 3.98. The van der Waals surface area contributed by atoms with Crippen LogP contribution in [0.1, 0.15) is 16.8 Å². The Labute approximate surface area is 143 Å². The number of nitrogens with one attached hydrogen (secondary N) is 1. The van der Waals surface area contributed by atoms with E-state index in [9.17, 15) is 4.79 Å². The summed E-state index contributed by atoms with van der Waals surface area (Å²) in [6, 6.07) is 11.1. The van der Waals surface area contributed by atoms with Gasteiger partial charge in [-0.3, -0.25) is 4.79 Å². The molecule has 0 bridgehead atoms. The van der Waals surface area contributed by atoms with E-state index in [0.29, 0.717) is 17.0 Å². The molecule has 1 heterocycles. The van der Waals surface area contributed by atoms with E-state index in [1.54, 1.807) is 24.3 Å². The van der Waals surface area contributed by atoms with Crippen LogP contribution in [0.15, 0.2) is 45.8 Å². The predicted octanol–water partition coefficient (Wildman–Crippen LogP) is 4.20. The van der Waals surface area contributed by atoms with Crippen LogP contribution >= 0.6 is 11.8 Å². The molecule has 24 heavy (non-hydrogen) atoms. The molecule has 1 amide bonds. The number of anilines is 1. The summed E-state index contributed by atoms with van der Waals surface area (Å²) in [5, 5.41) is 18.4. The largest absolute Gasteiger partial charge is 0.356 e. The third-order valence-corrected chi connectivity index (χ3v) is 4.22. The first-order valence-corrected chi connectivity index (χ1v) is 8.20. The Balaban J connectivity index is 1.74. The molecule has 1 N–H and O–H groups in total. The second-order valence-electron chi connectivity index (χ2n) is 5.53. The Morgan fingerprint density at radius 1 is 1.29 bits per heavy atom. The number of benzene rings is 2. The van der Waals surface area contributed by atoms with Gasteiger partial charge in [-0.1, -0.05) is 11.2 Å². The molecule has 1 aromatic heterocycles. The first-order valence-electron chi connectivity index (χ1n) is 7.38. The number of amides is 1. The number of nitriles is 1. The minimum Gasteiger partial charge on any atom is -0.356 e. The molecule has 0 saturated heterocycles. The molecule has 0 atom stereocenters. The molecule has 0 unspecified atom stereocenters. The number of aryl methyl sites for hydroxylation is 2. The van der Waals surface area contributed by atoms with Gasteiger partial charge in [-0.25, -0.2) is 0 Å². The zero-order valence-electron chi connectivity index (χ0n) is 13.3. The molecule has 0 saturated carbocycles. The summed E-state index contributed by atoms with van der Waals surface area (Å²) in [5.41, 5.74) is 4.17. The summed E-state index contributed by atoms with van der Waals surface area (Å²) < 4.78 is 5.34. The number of rotatable bonds is 4. The van der Waals surface area contributed by atoms with Gasteiger partial charge < -0.3 is 9.84 Å². The molecule has 0 aliphatic carbocycles. The number of hydrogen-bond acceptors (Lipinski definition) is 5. The third-order valence-electron chi connectivity index (χ3n) is 3.62. The van der Waals surface area contributed by atoms with Crippen molar-refractivity contribution < 1.29 is 9.32 Å². The van der Waals surface area contributed by atoms with E-state index in [4.69, 9.17) is 9.78 Å². The summed E-state index contributed by atoms with van der Waals surface area (Å²) in [7, 11) is 0. The van der Waals surface area contributed by atoms with Crippen molar-refractivity contribution in [2.75, 3.05) is 5.32 Å². The second-order valence-corrected chi connectivity index (χ2v) is 6.39.